The number of anilines is 1. The first-order valence-corrected chi connectivity index (χ1v) is 14.4. The molecule has 224 valence electrons. The van der Waals surface area contributed by atoms with Crippen molar-refractivity contribution in [2.75, 3.05) is 19.0 Å². The Kier molecular flexibility index (Phi) is 9.84. The van der Waals surface area contributed by atoms with Gasteiger partial charge in [0.1, 0.15) is 18.3 Å². The predicted molar refractivity (Wildman–Crippen MR) is 170 cm³/mol. The van der Waals surface area contributed by atoms with Crippen LogP contribution in [0.2, 0.25) is 0 Å². The fourth-order valence-corrected chi connectivity index (χ4v) is 5.23. The Morgan fingerprint density at radius 1 is 0.886 bits per heavy atom. The van der Waals surface area contributed by atoms with Gasteiger partial charge in [-0.15, -0.1) is 0 Å². The number of aryl methyl sites for hydroxylation is 1. The number of carboxylic acid groups (broad SMARTS) is 1. The van der Waals surface area contributed by atoms with E-state index in [-0.39, 0.29) is 12.2 Å². The SMILES string of the molecule is COCn1c(-c2ccccc2)nc(C)c1CCOc1ccc(C(CC(=O)O)Nc2ccccc2C(=O)c2ccccc2)cc1. The van der Waals surface area contributed by atoms with Crippen molar-refractivity contribution >= 4 is 17.4 Å². The number of aromatic nitrogens is 2. The lowest BCUT2D eigenvalue weighted by Crippen LogP contribution is -2.17. The molecule has 4 aromatic carbocycles. The molecule has 44 heavy (non-hydrogen) atoms. The van der Waals surface area contributed by atoms with Gasteiger partial charge in [-0.1, -0.05) is 84.9 Å². The molecule has 0 aliphatic carbocycles. The van der Waals surface area contributed by atoms with Gasteiger partial charge in [0.15, 0.2) is 5.78 Å². The lowest BCUT2D eigenvalue weighted by molar-refractivity contribution is -0.137. The fourth-order valence-electron chi connectivity index (χ4n) is 5.23. The summed E-state index contributed by atoms with van der Waals surface area (Å²) in [5.74, 6) is 0.437. The first kappa shape index (κ1) is 30.3. The summed E-state index contributed by atoms with van der Waals surface area (Å²) in [6, 6.07) is 33.0. The zero-order valence-electron chi connectivity index (χ0n) is 24.8. The maximum atomic E-state index is 13.2. The molecular weight excluding hydrogens is 554 g/mol. The van der Waals surface area contributed by atoms with Crippen molar-refractivity contribution < 1.29 is 24.2 Å². The Balaban J connectivity index is 1.28. The number of ketones is 1. The number of carbonyl (C=O) groups is 2. The Morgan fingerprint density at radius 2 is 1.55 bits per heavy atom. The molecular formula is C36H35N3O5. The monoisotopic (exact) mass is 589 g/mol. The predicted octanol–water partition coefficient (Wildman–Crippen LogP) is 6.94. The fraction of sp³-hybridized carbons (Fsp3) is 0.194. The van der Waals surface area contributed by atoms with Crippen LogP contribution < -0.4 is 10.1 Å². The molecule has 0 amide bonds. The number of para-hydroxylation sites is 1. The molecule has 8 heteroatoms. The first-order chi connectivity index (χ1) is 21.4. The van der Waals surface area contributed by atoms with Gasteiger partial charge in [-0.3, -0.25) is 9.59 Å². The quantitative estimate of drug-likeness (QED) is 0.135. The maximum absolute atomic E-state index is 13.2. The van der Waals surface area contributed by atoms with Gasteiger partial charge in [-0.2, -0.15) is 0 Å². The zero-order chi connectivity index (χ0) is 30.9. The number of benzene rings is 4. The van der Waals surface area contributed by atoms with Crippen molar-refractivity contribution in [1.29, 1.82) is 0 Å². The Bertz CT molecular complexity index is 1700. The van der Waals surface area contributed by atoms with Crippen LogP contribution in [0.3, 0.4) is 0 Å². The molecule has 0 spiro atoms. The molecule has 0 aliphatic heterocycles. The van der Waals surface area contributed by atoms with Crippen molar-refractivity contribution in [3.8, 4) is 17.1 Å². The third kappa shape index (κ3) is 7.22. The van der Waals surface area contributed by atoms with Crippen molar-refractivity contribution in [1.82, 2.24) is 9.55 Å². The summed E-state index contributed by atoms with van der Waals surface area (Å²) in [6.07, 6.45) is 0.465. The van der Waals surface area contributed by atoms with Crippen LogP contribution in [0.1, 0.15) is 45.3 Å². The number of rotatable bonds is 14. The number of methoxy groups -OCH3 is 1. The van der Waals surface area contributed by atoms with Gasteiger partial charge >= 0.3 is 5.97 Å². The van der Waals surface area contributed by atoms with Gasteiger partial charge in [-0.05, 0) is 36.8 Å². The van der Waals surface area contributed by atoms with Gasteiger partial charge < -0.3 is 24.5 Å². The number of hydrogen-bond donors (Lipinski definition) is 2. The molecule has 8 nitrogen and oxygen atoms in total. The van der Waals surface area contributed by atoms with Crippen molar-refractivity contribution in [2.24, 2.45) is 0 Å². The summed E-state index contributed by atoms with van der Waals surface area (Å²) in [6.45, 7) is 2.80. The smallest absolute Gasteiger partial charge is 0.305 e. The van der Waals surface area contributed by atoms with Crippen LogP contribution in [0.5, 0.6) is 5.75 Å². The van der Waals surface area contributed by atoms with E-state index in [1.165, 1.54) is 0 Å². The normalized spacial score (nSPS) is 11.6. The molecule has 1 unspecified atom stereocenters. The van der Waals surface area contributed by atoms with Crippen LogP contribution in [0.25, 0.3) is 11.4 Å². The Morgan fingerprint density at radius 3 is 2.23 bits per heavy atom. The third-order valence-electron chi connectivity index (χ3n) is 7.37. The summed E-state index contributed by atoms with van der Waals surface area (Å²) in [7, 11) is 1.66. The largest absolute Gasteiger partial charge is 0.493 e. The average molecular weight is 590 g/mol. The number of ether oxygens (including phenoxy) is 2. The maximum Gasteiger partial charge on any atom is 0.305 e. The van der Waals surface area contributed by atoms with Gasteiger partial charge in [0.2, 0.25) is 0 Å². The topological polar surface area (TPSA) is 103 Å². The van der Waals surface area contributed by atoms with Crippen LogP contribution in [-0.4, -0.2) is 40.1 Å². The van der Waals surface area contributed by atoms with E-state index in [1.807, 2.05) is 85.8 Å². The van der Waals surface area contributed by atoms with E-state index in [4.69, 9.17) is 14.5 Å². The Hall–Kier alpha value is -5.21. The number of imidazole rings is 1. The highest BCUT2D eigenvalue weighted by Gasteiger charge is 2.20. The molecule has 1 aromatic heterocycles. The van der Waals surface area contributed by atoms with E-state index >= 15 is 0 Å². The molecule has 0 radical (unpaired) electrons. The number of carbonyl (C=O) groups excluding carboxylic acids is 1. The minimum absolute atomic E-state index is 0.135. The minimum atomic E-state index is -0.951. The Labute approximate surface area is 256 Å². The second-order valence-corrected chi connectivity index (χ2v) is 10.4. The number of carboxylic acids is 1. The highest BCUT2D eigenvalue weighted by Crippen LogP contribution is 2.29. The van der Waals surface area contributed by atoms with E-state index < -0.39 is 12.0 Å². The second kappa shape index (κ2) is 14.3. The molecule has 0 saturated carbocycles. The number of nitrogens with one attached hydrogen (secondary N) is 1. The van der Waals surface area contributed by atoms with Gasteiger partial charge in [0, 0.05) is 41.6 Å². The van der Waals surface area contributed by atoms with E-state index in [0.29, 0.717) is 42.3 Å². The summed E-state index contributed by atoms with van der Waals surface area (Å²) >= 11 is 0. The molecule has 0 fully saturated rings. The summed E-state index contributed by atoms with van der Waals surface area (Å²) in [5.41, 5.74) is 5.37. The molecule has 1 heterocycles. The molecule has 5 rings (SSSR count). The first-order valence-electron chi connectivity index (χ1n) is 14.4. The van der Waals surface area contributed by atoms with Crippen LogP contribution in [0, 0.1) is 6.92 Å². The standard InChI is InChI=1S/C36H35N3O5/c1-25-33(39(24-43-2)36(37-25)28-13-7-4-8-14-28)21-22-44-29-19-17-26(18-20-29)32(23-34(40)41)38-31-16-10-9-15-30(31)35(42)27-11-5-3-6-12-27/h3-20,32,38H,21-24H2,1-2H3,(H,40,41). The van der Waals surface area contributed by atoms with E-state index in [0.717, 1.165) is 28.3 Å². The molecule has 0 bridgehead atoms. The lowest BCUT2D eigenvalue weighted by atomic mass is 9.99. The summed E-state index contributed by atoms with van der Waals surface area (Å²) < 4.78 is 13.6. The highest BCUT2D eigenvalue weighted by atomic mass is 16.5. The van der Waals surface area contributed by atoms with Gasteiger partial charge in [-0.25, -0.2) is 4.98 Å². The third-order valence-corrected chi connectivity index (χ3v) is 7.37. The molecule has 2 N–H and O–H groups in total. The van der Waals surface area contributed by atoms with E-state index in [2.05, 4.69) is 9.88 Å². The van der Waals surface area contributed by atoms with E-state index in [1.54, 1.807) is 37.4 Å². The lowest BCUT2D eigenvalue weighted by Gasteiger charge is -2.21. The highest BCUT2D eigenvalue weighted by molar-refractivity contribution is 6.12. The van der Waals surface area contributed by atoms with Gasteiger partial charge in [0.05, 0.1) is 24.8 Å². The van der Waals surface area contributed by atoms with Crippen LogP contribution in [0.4, 0.5) is 5.69 Å². The molecule has 0 aliphatic rings. The van der Waals surface area contributed by atoms with Crippen LogP contribution in [0.15, 0.2) is 109 Å². The second-order valence-electron chi connectivity index (χ2n) is 10.4. The summed E-state index contributed by atoms with van der Waals surface area (Å²) in [4.78, 5) is 29.8. The molecule has 0 saturated heterocycles. The van der Waals surface area contributed by atoms with E-state index in [9.17, 15) is 14.7 Å². The number of hydrogen-bond acceptors (Lipinski definition) is 6. The molecule has 5 aromatic rings. The van der Waals surface area contributed by atoms with Crippen molar-refractivity contribution in [2.45, 2.75) is 32.5 Å². The van der Waals surface area contributed by atoms with Crippen molar-refractivity contribution in [3.05, 3.63) is 137 Å². The minimum Gasteiger partial charge on any atom is -0.493 e. The summed E-state index contributed by atoms with van der Waals surface area (Å²) in [5, 5.41) is 13.0. The number of aliphatic carboxylic acids is 1. The zero-order valence-corrected chi connectivity index (χ0v) is 24.8. The average Bonchev–Trinajstić information content (AvgIpc) is 3.36. The number of nitrogens with zero attached hydrogens (tertiary/aromatic N) is 2. The van der Waals surface area contributed by atoms with Crippen LogP contribution in [-0.2, 0) is 22.7 Å². The van der Waals surface area contributed by atoms with Gasteiger partial charge in [0.25, 0.3) is 0 Å². The molecule has 1 atom stereocenters. The van der Waals surface area contributed by atoms with Crippen molar-refractivity contribution in [3.63, 3.8) is 0 Å². The van der Waals surface area contributed by atoms with Crippen LogP contribution >= 0.6 is 0 Å².